The Labute approximate surface area is 143 Å². The summed E-state index contributed by atoms with van der Waals surface area (Å²) in [6, 6.07) is 0. The van der Waals surface area contributed by atoms with Gasteiger partial charge in [0.2, 0.25) is 0 Å². The van der Waals surface area contributed by atoms with Gasteiger partial charge in [-0.2, -0.15) is 0 Å². The van der Waals surface area contributed by atoms with Gasteiger partial charge in [-0.15, -0.1) is 0 Å². The molecule has 0 spiro atoms. The van der Waals surface area contributed by atoms with Crippen LogP contribution in [0.4, 0.5) is 0 Å². The molecule has 0 rings (SSSR count). The van der Waals surface area contributed by atoms with E-state index in [4.69, 9.17) is 5.11 Å². The summed E-state index contributed by atoms with van der Waals surface area (Å²) in [5.74, 6) is -0.213. The van der Waals surface area contributed by atoms with Gasteiger partial charge in [-0.3, -0.25) is 4.79 Å². The highest BCUT2D eigenvalue weighted by Gasteiger charge is 1.93. The minimum Gasteiger partial charge on any atom is -0.481 e. The fraction of sp³-hybridized carbons (Fsp3) is 0.667. The van der Waals surface area contributed by atoms with Crippen LogP contribution in [0.15, 0.2) is 36.5 Å². The minimum atomic E-state index is -0.708. The first-order valence-corrected chi connectivity index (χ1v) is 9.37. The van der Waals surface area contributed by atoms with Crippen molar-refractivity contribution in [2.24, 2.45) is 5.92 Å². The molecule has 0 aromatic heterocycles. The zero-order valence-corrected chi connectivity index (χ0v) is 15.2. The first-order valence-electron chi connectivity index (χ1n) is 9.37. The second-order valence-electron chi connectivity index (χ2n) is 6.26. The number of aliphatic carboxylic acids is 1. The Kier molecular flexibility index (Phi) is 16.1. The van der Waals surface area contributed by atoms with Crippen molar-refractivity contribution in [1.29, 1.82) is 0 Å². The molecule has 0 saturated carbocycles. The smallest absolute Gasteiger partial charge is 0.303 e. The van der Waals surface area contributed by atoms with Gasteiger partial charge in [-0.05, 0) is 38.0 Å². The van der Waals surface area contributed by atoms with Crippen molar-refractivity contribution in [3.63, 3.8) is 0 Å². The molecule has 0 saturated heterocycles. The van der Waals surface area contributed by atoms with E-state index in [1.807, 2.05) is 0 Å². The Morgan fingerprint density at radius 3 is 2.26 bits per heavy atom. The number of carbonyl (C=O) groups is 1. The van der Waals surface area contributed by atoms with Gasteiger partial charge in [-0.25, -0.2) is 0 Å². The molecule has 0 aromatic carbocycles. The Bertz CT molecular complexity index is 353. The van der Waals surface area contributed by atoms with Crippen LogP contribution in [0.1, 0.15) is 84.5 Å². The molecule has 1 unspecified atom stereocenters. The lowest BCUT2D eigenvalue weighted by molar-refractivity contribution is -0.137. The monoisotopic (exact) mass is 320 g/mol. The molecule has 0 amide bonds. The summed E-state index contributed by atoms with van der Waals surface area (Å²) in [5.41, 5.74) is 0. The van der Waals surface area contributed by atoms with Crippen LogP contribution in [-0.2, 0) is 4.79 Å². The highest BCUT2D eigenvalue weighted by Crippen LogP contribution is 2.08. The van der Waals surface area contributed by atoms with Crippen LogP contribution in [0.2, 0.25) is 0 Å². The molecule has 0 aliphatic rings. The van der Waals surface area contributed by atoms with E-state index < -0.39 is 5.97 Å². The van der Waals surface area contributed by atoms with Crippen molar-refractivity contribution in [1.82, 2.24) is 0 Å². The molecule has 0 fully saturated rings. The average Bonchev–Trinajstić information content (AvgIpc) is 2.52. The van der Waals surface area contributed by atoms with Crippen molar-refractivity contribution < 1.29 is 9.90 Å². The summed E-state index contributed by atoms with van der Waals surface area (Å²) < 4.78 is 0. The Morgan fingerprint density at radius 2 is 1.52 bits per heavy atom. The van der Waals surface area contributed by atoms with Crippen LogP contribution in [0.25, 0.3) is 0 Å². The molecule has 2 nitrogen and oxygen atoms in total. The molecule has 23 heavy (non-hydrogen) atoms. The summed E-state index contributed by atoms with van der Waals surface area (Å²) in [4.78, 5) is 10.4. The summed E-state index contributed by atoms with van der Waals surface area (Å²) in [6.07, 6.45) is 25.4. The number of carboxylic acid groups (broad SMARTS) is 1. The van der Waals surface area contributed by atoms with E-state index in [1.165, 1.54) is 44.9 Å². The summed E-state index contributed by atoms with van der Waals surface area (Å²) in [5, 5.41) is 8.53. The molecule has 2 heteroatoms. The van der Waals surface area contributed by atoms with Crippen LogP contribution in [-0.4, -0.2) is 11.1 Å². The molecule has 0 radical (unpaired) electrons. The summed E-state index contributed by atoms with van der Waals surface area (Å²) >= 11 is 0. The predicted octanol–water partition coefficient (Wildman–Crippen LogP) is 6.69. The molecule has 132 valence electrons. The van der Waals surface area contributed by atoms with Crippen LogP contribution in [0.3, 0.4) is 0 Å². The van der Waals surface area contributed by atoms with E-state index >= 15 is 0 Å². The first kappa shape index (κ1) is 21.7. The largest absolute Gasteiger partial charge is 0.481 e. The third kappa shape index (κ3) is 18.6. The average molecular weight is 321 g/mol. The number of hydrogen-bond donors (Lipinski definition) is 1. The van der Waals surface area contributed by atoms with E-state index in [0.717, 1.165) is 19.3 Å². The Hall–Kier alpha value is -1.31. The van der Waals surface area contributed by atoms with Gasteiger partial charge in [0.25, 0.3) is 0 Å². The molecule has 0 aromatic rings. The topological polar surface area (TPSA) is 37.3 Å². The van der Waals surface area contributed by atoms with Crippen molar-refractivity contribution in [3.05, 3.63) is 36.5 Å². The van der Waals surface area contributed by atoms with Gasteiger partial charge in [-0.1, -0.05) is 82.4 Å². The van der Waals surface area contributed by atoms with E-state index in [1.54, 1.807) is 0 Å². The molecule has 0 bridgehead atoms. The van der Waals surface area contributed by atoms with Crippen LogP contribution < -0.4 is 0 Å². The molecular weight excluding hydrogens is 284 g/mol. The number of unbranched alkanes of at least 4 members (excludes halogenated alkanes) is 7. The minimum absolute atomic E-state index is 0.264. The normalized spacial score (nSPS) is 13.5. The molecular formula is C21H36O2. The lowest BCUT2D eigenvalue weighted by Crippen LogP contribution is -1.92. The highest BCUT2D eigenvalue weighted by atomic mass is 16.4. The number of rotatable bonds is 15. The van der Waals surface area contributed by atoms with Crippen LogP contribution in [0, 0.1) is 5.92 Å². The fourth-order valence-corrected chi connectivity index (χ4v) is 2.37. The third-order valence-electron chi connectivity index (χ3n) is 3.80. The van der Waals surface area contributed by atoms with E-state index in [9.17, 15) is 4.79 Å². The van der Waals surface area contributed by atoms with Crippen LogP contribution >= 0.6 is 0 Å². The van der Waals surface area contributed by atoms with Crippen molar-refractivity contribution >= 4 is 5.97 Å². The molecule has 0 aliphatic carbocycles. The van der Waals surface area contributed by atoms with Crippen molar-refractivity contribution in [2.75, 3.05) is 0 Å². The molecule has 0 heterocycles. The highest BCUT2D eigenvalue weighted by molar-refractivity contribution is 5.66. The lowest BCUT2D eigenvalue weighted by atomic mass is 10.1. The van der Waals surface area contributed by atoms with E-state index in [-0.39, 0.29) is 6.42 Å². The second-order valence-corrected chi connectivity index (χ2v) is 6.26. The molecule has 1 atom stereocenters. The number of allylic oxidation sites excluding steroid dienone is 6. The standard InChI is InChI=1S/C21H36O2/c1-3-4-5-6-7-8-11-14-17-20(2)18-15-12-9-10-13-16-19-21(22)23/h9-10,14-15,17-18,20H,3-8,11-13,16,19H2,1-2H3,(H,22,23)/b10-9-,17-14?,18-15?. The first-order chi connectivity index (χ1) is 11.2. The zero-order valence-electron chi connectivity index (χ0n) is 15.2. The second kappa shape index (κ2) is 17.1. The lowest BCUT2D eigenvalue weighted by Gasteiger charge is -1.99. The maximum Gasteiger partial charge on any atom is 0.303 e. The summed E-state index contributed by atoms with van der Waals surface area (Å²) in [6.45, 7) is 4.47. The quantitative estimate of drug-likeness (QED) is 0.270. The van der Waals surface area contributed by atoms with Crippen molar-refractivity contribution in [3.8, 4) is 0 Å². The van der Waals surface area contributed by atoms with Gasteiger partial charge >= 0.3 is 5.97 Å². The van der Waals surface area contributed by atoms with E-state index in [2.05, 4.69) is 50.3 Å². The SMILES string of the molecule is CCCCCCCCC=CC(C)C=CC/C=C\CCCC(=O)O. The van der Waals surface area contributed by atoms with Gasteiger partial charge in [0, 0.05) is 6.42 Å². The number of carboxylic acids is 1. The number of hydrogen-bond acceptors (Lipinski definition) is 1. The molecule has 0 aliphatic heterocycles. The Balaban J connectivity index is 3.52. The van der Waals surface area contributed by atoms with Gasteiger partial charge < -0.3 is 5.11 Å². The zero-order chi connectivity index (χ0) is 17.2. The van der Waals surface area contributed by atoms with Gasteiger partial charge in [0.1, 0.15) is 0 Å². The molecule has 1 N–H and O–H groups in total. The van der Waals surface area contributed by atoms with Crippen LogP contribution in [0.5, 0.6) is 0 Å². The van der Waals surface area contributed by atoms with E-state index in [0.29, 0.717) is 5.92 Å². The maximum absolute atomic E-state index is 10.4. The maximum atomic E-state index is 10.4. The Morgan fingerprint density at radius 1 is 0.870 bits per heavy atom. The fourth-order valence-electron chi connectivity index (χ4n) is 2.37. The summed E-state index contributed by atoms with van der Waals surface area (Å²) in [7, 11) is 0. The van der Waals surface area contributed by atoms with Crippen molar-refractivity contribution in [2.45, 2.75) is 84.5 Å². The third-order valence-corrected chi connectivity index (χ3v) is 3.80. The van der Waals surface area contributed by atoms with Gasteiger partial charge in [0.05, 0.1) is 0 Å². The van der Waals surface area contributed by atoms with Gasteiger partial charge in [0.15, 0.2) is 0 Å². The predicted molar refractivity (Wildman–Crippen MR) is 101 cm³/mol.